The molecule has 1 rings (SSSR count). The van der Waals surface area contributed by atoms with E-state index >= 15 is 0 Å². The zero-order valence-corrected chi connectivity index (χ0v) is 9.28. The highest BCUT2D eigenvalue weighted by Crippen LogP contribution is 2.14. The summed E-state index contributed by atoms with van der Waals surface area (Å²) < 4.78 is 4.45. The van der Waals surface area contributed by atoms with Gasteiger partial charge in [0, 0.05) is 0 Å². The molecular formula is C10H18N2O3. The number of piperidine rings is 1. The molecule has 0 aliphatic carbocycles. The maximum absolute atomic E-state index is 11.7. The predicted molar refractivity (Wildman–Crippen MR) is 55.3 cm³/mol. The number of likely N-dealkylation sites (N-methyl/N-ethyl adjacent to an activating group) is 1. The van der Waals surface area contributed by atoms with Crippen LogP contribution in [0.4, 0.5) is 0 Å². The third-order valence-electron chi connectivity index (χ3n) is 2.71. The van der Waals surface area contributed by atoms with Crippen molar-refractivity contribution in [1.29, 1.82) is 0 Å². The van der Waals surface area contributed by atoms with Crippen LogP contribution in [0.3, 0.4) is 0 Å². The van der Waals surface area contributed by atoms with Crippen LogP contribution in [0, 0.1) is 0 Å². The van der Waals surface area contributed by atoms with Gasteiger partial charge in [-0.2, -0.15) is 0 Å². The Morgan fingerprint density at radius 3 is 2.80 bits per heavy atom. The Kier molecular flexibility index (Phi) is 4.55. The molecule has 0 saturated carbocycles. The number of ether oxygens (including phenoxy) is 1. The van der Waals surface area contributed by atoms with Gasteiger partial charge in [0.1, 0.15) is 6.54 Å². The van der Waals surface area contributed by atoms with Crippen molar-refractivity contribution in [3.05, 3.63) is 0 Å². The van der Waals surface area contributed by atoms with E-state index < -0.39 is 5.97 Å². The second kappa shape index (κ2) is 5.70. The predicted octanol–water partition coefficient (Wildman–Crippen LogP) is -0.240. The minimum Gasteiger partial charge on any atom is -0.468 e. The van der Waals surface area contributed by atoms with Crippen LogP contribution >= 0.6 is 0 Å². The van der Waals surface area contributed by atoms with Crippen LogP contribution < -0.4 is 5.32 Å². The molecule has 1 unspecified atom stereocenters. The average Bonchev–Trinajstić information content (AvgIpc) is 2.26. The number of hydrogen-bond donors (Lipinski definition) is 1. The fraction of sp³-hybridized carbons (Fsp3) is 0.800. The highest BCUT2D eigenvalue weighted by atomic mass is 16.5. The minimum absolute atomic E-state index is 0.0420. The monoisotopic (exact) mass is 214 g/mol. The summed E-state index contributed by atoms with van der Waals surface area (Å²) >= 11 is 0. The maximum Gasteiger partial charge on any atom is 0.325 e. The molecule has 1 amide bonds. The second-order valence-corrected chi connectivity index (χ2v) is 3.79. The smallest absolute Gasteiger partial charge is 0.325 e. The van der Waals surface area contributed by atoms with Crippen LogP contribution in [0.1, 0.15) is 19.3 Å². The lowest BCUT2D eigenvalue weighted by Crippen LogP contribution is -2.48. The Bertz CT molecular complexity index is 243. The van der Waals surface area contributed by atoms with E-state index in [1.807, 2.05) is 11.9 Å². The lowest BCUT2D eigenvalue weighted by atomic mass is 10.0. The van der Waals surface area contributed by atoms with Crippen LogP contribution in [-0.4, -0.2) is 50.1 Å². The van der Waals surface area contributed by atoms with Crippen LogP contribution in [-0.2, 0) is 14.3 Å². The quantitative estimate of drug-likeness (QED) is 0.659. The van der Waals surface area contributed by atoms with Crippen molar-refractivity contribution in [1.82, 2.24) is 10.2 Å². The summed E-state index contributed by atoms with van der Waals surface area (Å²) in [6.07, 6.45) is 3.07. The molecule has 5 nitrogen and oxygen atoms in total. The molecule has 0 bridgehead atoms. The third-order valence-corrected chi connectivity index (χ3v) is 2.71. The van der Waals surface area contributed by atoms with Gasteiger partial charge in [0.05, 0.1) is 13.2 Å². The first-order valence-electron chi connectivity index (χ1n) is 5.20. The van der Waals surface area contributed by atoms with Crippen LogP contribution in [0.15, 0.2) is 0 Å². The highest BCUT2D eigenvalue weighted by molar-refractivity contribution is 5.85. The Hall–Kier alpha value is -1.10. The molecule has 0 aromatic rings. The number of esters is 1. The highest BCUT2D eigenvalue weighted by Gasteiger charge is 2.25. The van der Waals surface area contributed by atoms with E-state index in [2.05, 4.69) is 10.1 Å². The molecule has 1 aliphatic rings. The van der Waals surface area contributed by atoms with E-state index in [0.717, 1.165) is 25.8 Å². The summed E-state index contributed by atoms with van der Waals surface area (Å²) in [6, 6.07) is -0.0941. The van der Waals surface area contributed by atoms with E-state index in [4.69, 9.17) is 0 Å². The van der Waals surface area contributed by atoms with Crippen LogP contribution in [0.25, 0.3) is 0 Å². The van der Waals surface area contributed by atoms with Gasteiger partial charge in [0.2, 0.25) is 5.91 Å². The van der Waals surface area contributed by atoms with Crippen molar-refractivity contribution in [2.75, 3.05) is 27.2 Å². The van der Waals surface area contributed by atoms with Gasteiger partial charge in [0.25, 0.3) is 0 Å². The maximum atomic E-state index is 11.7. The lowest BCUT2D eigenvalue weighted by molar-refractivity contribution is -0.141. The third kappa shape index (κ3) is 3.51. The van der Waals surface area contributed by atoms with Crippen molar-refractivity contribution in [3.63, 3.8) is 0 Å². The number of rotatable bonds is 3. The molecule has 1 fully saturated rings. The van der Waals surface area contributed by atoms with Gasteiger partial charge >= 0.3 is 5.97 Å². The van der Waals surface area contributed by atoms with Crippen LogP contribution in [0.2, 0.25) is 0 Å². The van der Waals surface area contributed by atoms with Crippen molar-refractivity contribution in [2.24, 2.45) is 0 Å². The van der Waals surface area contributed by atoms with Gasteiger partial charge in [-0.15, -0.1) is 0 Å². The van der Waals surface area contributed by atoms with Gasteiger partial charge in [-0.25, -0.2) is 0 Å². The summed E-state index contributed by atoms with van der Waals surface area (Å²) in [5.74, 6) is -0.496. The number of amides is 1. The molecule has 0 spiro atoms. The van der Waals surface area contributed by atoms with Crippen molar-refractivity contribution in [3.8, 4) is 0 Å². The largest absolute Gasteiger partial charge is 0.468 e. The fourth-order valence-corrected chi connectivity index (χ4v) is 1.76. The summed E-state index contributed by atoms with van der Waals surface area (Å²) in [5, 5.41) is 2.58. The standard InChI is InChI=1S/C10H18N2O3/c1-12-6-4-3-5-8(12)10(14)11-7-9(13)15-2/h8H,3-7H2,1-2H3,(H,11,14). The number of likely N-dealkylation sites (tertiary alicyclic amines) is 1. The van der Waals surface area contributed by atoms with E-state index in [9.17, 15) is 9.59 Å². The molecule has 1 atom stereocenters. The number of carbonyl (C=O) groups excluding carboxylic acids is 2. The lowest BCUT2D eigenvalue weighted by Gasteiger charge is -2.31. The minimum atomic E-state index is -0.415. The normalized spacial score (nSPS) is 22.1. The average molecular weight is 214 g/mol. The molecule has 5 heteroatoms. The first-order valence-corrected chi connectivity index (χ1v) is 5.20. The van der Waals surface area contributed by atoms with Crippen LogP contribution in [0.5, 0.6) is 0 Å². The molecule has 0 aromatic carbocycles. The summed E-state index contributed by atoms with van der Waals surface area (Å²) in [6.45, 7) is 0.899. The number of carbonyl (C=O) groups is 2. The van der Waals surface area contributed by atoms with E-state index in [1.165, 1.54) is 7.11 Å². The van der Waals surface area contributed by atoms with Crippen molar-refractivity contribution in [2.45, 2.75) is 25.3 Å². The zero-order chi connectivity index (χ0) is 11.3. The van der Waals surface area contributed by atoms with Gasteiger partial charge in [-0.3, -0.25) is 14.5 Å². The van der Waals surface area contributed by atoms with E-state index in [-0.39, 0.29) is 18.5 Å². The Labute approximate surface area is 89.8 Å². The molecule has 1 heterocycles. The Morgan fingerprint density at radius 2 is 2.20 bits per heavy atom. The Morgan fingerprint density at radius 1 is 1.47 bits per heavy atom. The molecule has 15 heavy (non-hydrogen) atoms. The van der Waals surface area contributed by atoms with Gasteiger partial charge in [-0.1, -0.05) is 6.42 Å². The summed E-state index contributed by atoms with van der Waals surface area (Å²) in [7, 11) is 3.24. The first kappa shape index (κ1) is 12.0. The summed E-state index contributed by atoms with van der Waals surface area (Å²) in [4.78, 5) is 24.5. The molecule has 1 aliphatic heterocycles. The number of hydrogen-bond acceptors (Lipinski definition) is 4. The molecule has 86 valence electrons. The molecule has 1 saturated heterocycles. The second-order valence-electron chi connectivity index (χ2n) is 3.79. The SMILES string of the molecule is COC(=O)CNC(=O)C1CCCCN1C. The van der Waals surface area contributed by atoms with Gasteiger partial charge < -0.3 is 10.1 Å². The van der Waals surface area contributed by atoms with Gasteiger partial charge in [-0.05, 0) is 26.4 Å². The summed E-state index contributed by atoms with van der Waals surface area (Å²) in [5.41, 5.74) is 0. The van der Waals surface area contributed by atoms with Crippen molar-refractivity contribution >= 4 is 11.9 Å². The number of methoxy groups -OCH3 is 1. The van der Waals surface area contributed by atoms with Gasteiger partial charge in [0.15, 0.2) is 0 Å². The molecular weight excluding hydrogens is 196 g/mol. The van der Waals surface area contributed by atoms with Crippen molar-refractivity contribution < 1.29 is 14.3 Å². The topological polar surface area (TPSA) is 58.6 Å². The zero-order valence-electron chi connectivity index (χ0n) is 9.28. The molecule has 0 aromatic heterocycles. The Balaban J connectivity index is 2.35. The van der Waals surface area contributed by atoms with E-state index in [1.54, 1.807) is 0 Å². The van der Waals surface area contributed by atoms with E-state index in [0.29, 0.717) is 0 Å². The fourth-order valence-electron chi connectivity index (χ4n) is 1.76. The number of nitrogens with zero attached hydrogens (tertiary/aromatic N) is 1. The molecule has 1 N–H and O–H groups in total. The molecule has 0 radical (unpaired) electrons. The number of nitrogens with one attached hydrogen (secondary N) is 1. The first-order chi connectivity index (χ1) is 7.15.